The molecule has 0 aliphatic carbocycles. The number of hydrazone groups is 1. The highest BCUT2D eigenvalue weighted by Gasteiger charge is 2.21. The molecule has 31 heavy (non-hydrogen) atoms. The van der Waals surface area contributed by atoms with Gasteiger partial charge in [0.2, 0.25) is 0 Å². The van der Waals surface area contributed by atoms with Crippen LogP contribution in [0.15, 0.2) is 83.3 Å². The number of methoxy groups -OCH3 is 1. The summed E-state index contributed by atoms with van der Waals surface area (Å²) in [4.78, 5) is 0.0861. The Bertz CT molecular complexity index is 1240. The van der Waals surface area contributed by atoms with Crippen LogP contribution in [0.4, 0.5) is 0 Å². The molecule has 3 rings (SSSR count). The molecule has 160 valence electrons. The van der Waals surface area contributed by atoms with Gasteiger partial charge in [-0.3, -0.25) is 5.43 Å². The summed E-state index contributed by atoms with van der Waals surface area (Å²) >= 11 is 5.05. The van der Waals surface area contributed by atoms with Gasteiger partial charge in [0, 0.05) is 11.9 Å². The smallest absolute Gasteiger partial charge is 0.339 e. The quantitative estimate of drug-likeness (QED) is 0.176. The number of nitrogens with zero attached hydrogens (tertiary/aromatic N) is 1. The van der Waals surface area contributed by atoms with Crippen LogP contribution in [0.25, 0.3) is 10.8 Å². The Kier molecular flexibility index (Phi) is 7.22. The summed E-state index contributed by atoms with van der Waals surface area (Å²) in [7, 11) is -2.65. The molecule has 9 heteroatoms. The van der Waals surface area contributed by atoms with Crippen LogP contribution >= 0.6 is 12.2 Å². The van der Waals surface area contributed by atoms with E-state index in [1.54, 1.807) is 36.4 Å². The van der Waals surface area contributed by atoms with Gasteiger partial charge >= 0.3 is 10.1 Å². The lowest BCUT2D eigenvalue weighted by Crippen LogP contribution is -2.31. The average Bonchev–Trinajstić information content (AvgIpc) is 2.78. The predicted octanol–water partition coefficient (Wildman–Crippen LogP) is 3.60. The SMILES string of the molecule is C=CCNC(=S)N/N=C/c1ccc(OS(=O)(=O)c2cccc3ccccc23)c(OC)c1. The third kappa shape index (κ3) is 5.59. The van der Waals surface area contributed by atoms with E-state index in [1.807, 2.05) is 18.2 Å². The van der Waals surface area contributed by atoms with Gasteiger partial charge in [-0.25, -0.2) is 0 Å². The standard InChI is InChI=1S/C22H21N3O4S2/c1-3-13-23-22(30)25-24-15-16-11-12-19(20(14-16)28-2)29-31(26,27)21-10-6-8-17-7-4-5-9-18(17)21/h3-12,14-15H,1,13H2,2H3,(H2,23,25,30)/b24-15+. The Morgan fingerprint density at radius 1 is 1.13 bits per heavy atom. The lowest BCUT2D eigenvalue weighted by Gasteiger charge is -2.12. The molecule has 0 saturated heterocycles. The zero-order valence-corrected chi connectivity index (χ0v) is 18.4. The highest BCUT2D eigenvalue weighted by Crippen LogP contribution is 2.32. The molecule has 0 atom stereocenters. The first-order chi connectivity index (χ1) is 14.9. The van der Waals surface area contributed by atoms with Gasteiger partial charge in [-0.2, -0.15) is 13.5 Å². The Morgan fingerprint density at radius 3 is 2.68 bits per heavy atom. The van der Waals surface area contributed by atoms with Crippen molar-refractivity contribution in [2.75, 3.05) is 13.7 Å². The maximum absolute atomic E-state index is 13.0. The van der Waals surface area contributed by atoms with Crippen molar-refractivity contribution in [1.82, 2.24) is 10.7 Å². The maximum atomic E-state index is 13.0. The molecule has 7 nitrogen and oxygen atoms in total. The molecule has 0 heterocycles. The van der Waals surface area contributed by atoms with Crippen LogP contribution in [0, 0.1) is 0 Å². The second-order valence-electron chi connectivity index (χ2n) is 6.29. The van der Waals surface area contributed by atoms with E-state index in [4.69, 9.17) is 21.1 Å². The largest absolute Gasteiger partial charge is 0.493 e. The maximum Gasteiger partial charge on any atom is 0.339 e. The van der Waals surface area contributed by atoms with E-state index in [-0.39, 0.29) is 16.4 Å². The molecule has 0 amide bonds. The summed E-state index contributed by atoms with van der Waals surface area (Å²) < 4.78 is 36.6. The fourth-order valence-corrected chi connectivity index (χ4v) is 4.08. The van der Waals surface area contributed by atoms with Crippen molar-refractivity contribution in [2.45, 2.75) is 4.90 Å². The van der Waals surface area contributed by atoms with Crippen molar-refractivity contribution in [3.63, 3.8) is 0 Å². The number of hydrogen-bond donors (Lipinski definition) is 2. The lowest BCUT2D eigenvalue weighted by atomic mass is 10.1. The Balaban J connectivity index is 1.81. The molecule has 0 unspecified atom stereocenters. The molecule has 3 aromatic carbocycles. The van der Waals surface area contributed by atoms with Crippen LogP contribution in [-0.2, 0) is 10.1 Å². The van der Waals surface area contributed by atoms with Gasteiger partial charge in [0.15, 0.2) is 16.6 Å². The van der Waals surface area contributed by atoms with Gasteiger partial charge in [0.05, 0.1) is 13.3 Å². The van der Waals surface area contributed by atoms with E-state index in [9.17, 15) is 8.42 Å². The average molecular weight is 456 g/mol. The molecule has 0 radical (unpaired) electrons. The highest BCUT2D eigenvalue weighted by molar-refractivity contribution is 7.87. The van der Waals surface area contributed by atoms with Crippen molar-refractivity contribution >= 4 is 44.4 Å². The van der Waals surface area contributed by atoms with Gasteiger partial charge < -0.3 is 14.2 Å². The Hall–Kier alpha value is -3.43. The van der Waals surface area contributed by atoms with E-state index in [2.05, 4.69) is 22.4 Å². The van der Waals surface area contributed by atoms with Crippen molar-refractivity contribution in [2.24, 2.45) is 5.10 Å². The third-order valence-electron chi connectivity index (χ3n) is 4.19. The Labute approximate surface area is 186 Å². The summed E-state index contributed by atoms with van der Waals surface area (Å²) in [5.41, 5.74) is 3.33. The molecule has 0 bridgehead atoms. The second kappa shape index (κ2) is 10.1. The summed E-state index contributed by atoms with van der Waals surface area (Å²) in [6.45, 7) is 4.11. The van der Waals surface area contributed by atoms with Crippen LogP contribution in [0.1, 0.15) is 5.56 Å². The van der Waals surface area contributed by atoms with Crippen molar-refractivity contribution < 1.29 is 17.3 Å². The molecule has 0 fully saturated rings. The number of rotatable bonds is 8. The molecular formula is C22H21N3O4S2. The van der Waals surface area contributed by atoms with Crippen LogP contribution in [-0.4, -0.2) is 33.4 Å². The van der Waals surface area contributed by atoms with Crippen LogP contribution in [0.3, 0.4) is 0 Å². The summed E-state index contributed by atoms with van der Waals surface area (Å²) in [6.07, 6.45) is 3.20. The number of thiocarbonyl (C=S) groups is 1. The van der Waals surface area contributed by atoms with Crippen molar-refractivity contribution in [1.29, 1.82) is 0 Å². The minimum Gasteiger partial charge on any atom is -0.493 e. The first kappa shape index (κ1) is 22.3. The predicted molar refractivity (Wildman–Crippen MR) is 126 cm³/mol. The summed E-state index contributed by atoms with van der Waals surface area (Å²) in [5.74, 6) is 0.323. The molecule has 0 spiro atoms. The van der Waals surface area contributed by atoms with E-state index in [0.717, 1.165) is 5.39 Å². The molecule has 2 N–H and O–H groups in total. The zero-order chi connectivity index (χ0) is 22.3. The van der Waals surface area contributed by atoms with E-state index in [1.165, 1.54) is 25.5 Å². The second-order valence-corrected chi connectivity index (χ2v) is 8.22. The molecular weight excluding hydrogens is 434 g/mol. The van der Waals surface area contributed by atoms with E-state index < -0.39 is 10.1 Å². The number of benzene rings is 3. The molecule has 0 aliphatic rings. The van der Waals surface area contributed by atoms with Gasteiger partial charge in [-0.15, -0.1) is 6.58 Å². The number of hydrogen-bond acceptors (Lipinski definition) is 6. The Morgan fingerprint density at radius 2 is 1.90 bits per heavy atom. The van der Waals surface area contributed by atoms with Crippen molar-refractivity contribution in [3.8, 4) is 11.5 Å². The minimum atomic E-state index is -4.08. The zero-order valence-electron chi connectivity index (χ0n) is 16.7. The number of ether oxygens (including phenoxy) is 1. The summed E-state index contributed by atoms with van der Waals surface area (Å²) in [6, 6.07) is 17.0. The molecule has 0 saturated carbocycles. The molecule has 3 aromatic rings. The van der Waals surface area contributed by atoms with Crippen molar-refractivity contribution in [3.05, 3.63) is 78.9 Å². The number of fused-ring (bicyclic) bond motifs is 1. The first-order valence-electron chi connectivity index (χ1n) is 9.22. The fraction of sp³-hybridized carbons (Fsp3) is 0.0909. The highest BCUT2D eigenvalue weighted by atomic mass is 32.2. The normalized spacial score (nSPS) is 11.3. The van der Waals surface area contributed by atoms with Gasteiger partial charge in [0.25, 0.3) is 0 Å². The van der Waals surface area contributed by atoms with Gasteiger partial charge in [-0.1, -0.05) is 42.5 Å². The molecule has 0 aliphatic heterocycles. The molecule has 0 aromatic heterocycles. The number of nitrogens with one attached hydrogen (secondary N) is 2. The van der Waals surface area contributed by atoms with Gasteiger partial charge in [-0.05, 0) is 47.4 Å². The summed E-state index contributed by atoms with van der Waals surface area (Å²) in [5, 5.41) is 8.65. The third-order valence-corrected chi connectivity index (χ3v) is 5.72. The first-order valence-corrected chi connectivity index (χ1v) is 11.0. The minimum absolute atomic E-state index is 0.0729. The van der Waals surface area contributed by atoms with E-state index in [0.29, 0.717) is 22.6 Å². The van der Waals surface area contributed by atoms with Crippen LogP contribution < -0.4 is 19.7 Å². The van der Waals surface area contributed by atoms with Crippen LogP contribution in [0.5, 0.6) is 11.5 Å². The monoisotopic (exact) mass is 455 g/mol. The van der Waals surface area contributed by atoms with Crippen LogP contribution in [0.2, 0.25) is 0 Å². The fourth-order valence-electron chi connectivity index (χ4n) is 2.78. The van der Waals surface area contributed by atoms with E-state index >= 15 is 0 Å². The van der Waals surface area contributed by atoms with Gasteiger partial charge in [0.1, 0.15) is 4.90 Å². The topological polar surface area (TPSA) is 89.0 Å². The lowest BCUT2D eigenvalue weighted by molar-refractivity contribution is 0.390.